The number of ether oxygens (including phenoxy) is 2. The summed E-state index contributed by atoms with van der Waals surface area (Å²) in [5.41, 5.74) is 0.388. The monoisotopic (exact) mass is 270 g/mol. The summed E-state index contributed by atoms with van der Waals surface area (Å²) in [5, 5.41) is 18.4. The maximum atomic E-state index is 11.1. The van der Waals surface area contributed by atoms with Crippen molar-refractivity contribution in [3.63, 3.8) is 0 Å². The van der Waals surface area contributed by atoms with Crippen LogP contribution < -0.4 is 10.1 Å². The highest BCUT2D eigenvalue weighted by atomic mass is 16.6. The number of aryl methyl sites for hydroxylation is 2. The van der Waals surface area contributed by atoms with E-state index in [0.717, 1.165) is 6.54 Å². The topological polar surface area (TPSA) is 91.5 Å². The van der Waals surface area contributed by atoms with Crippen LogP contribution in [0.2, 0.25) is 0 Å². The van der Waals surface area contributed by atoms with Crippen molar-refractivity contribution in [1.29, 1.82) is 0 Å². The lowest BCUT2D eigenvalue weighted by molar-refractivity contribution is -0.386. The van der Waals surface area contributed by atoms with Crippen molar-refractivity contribution < 1.29 is 14.4 Å². The number of nitrogens with one attached hydrogen (secondary N) is 1. The molecule has 1 aromatic rings. The van der Waals surface area contributed by atoms with Crippen molar-refractivity contribution in [2.75, 3.05) is 26.3 Å². The predicted octanol–water partition coefficient (Wildman–Crippen LogP) is 0.258. The van der Waals surface area contributed by atoms with Crippen LogP contribution in [0.15, 0.2) is 0 Å². The van der Waals surface area contributed by atoms with Gasteiger partial charge in [0, 0.05) is 20.1 Å². The van der Waals surface area contributed by atoms with E-state index in [4.69, 9.17) is 9.47 Å². The van der Waals surface area contributed by atoms with Crippen LogP contribution in [-0.2, 0) is 18.2 Å². The summed E-state index contributed by atoms with van der Waals surface area (Å²) in [6.07, 6.45) is 0.406. The molecule has 8 nitrogen and oxygen atoms in total. The average Bonchev–Trinajstić information content (AvgIpc) is 2.74. The zero-order valence-corrected chi connectivity index (χ0v) is 11.1. The molecule has 1 aliphatic rings. The van der Waals surface area contributed by atoms with Crippen molar-refractivity contribution in [2.45, 2.75) is 19.4 Å². The molecule has 0 bridgehead atoms. The summed E-state index contributed by atoms with van der Waals surface area (Å²) in [6, 6.07) is 0. The normalized spacial score (nSPS) is 19.4. The smallest absolute Gasteiger partial charge is 0.353 e. The quantitative estimate of drug-likeness (QED) is 0.609. The molecule has 1 N–H and O–H groups in total. The maximum absolute atomic E-state index is 11.1. The van der Waals surface area contributed by atoms with Gasteiger partial charge in [0.15, 0.2) is 0 Å². The predicted molar refractivity (Wildman–Crippen MR) is 67.3 cm³/mol. The Bertz CT molecular complexity index is 454. The Balaban J connectivity index is 2.10. The number of aromatic nitrogens is 2. The average molecular weight is 270 g/mol. The molecule has 0 aromatic carbocycles. The van der Waals surface area contributed by atoms with E-state index in [0.29, 0.717) is 25.3 Å². The fraction of sp³-hybridized carbons (Fsp3) is 0.727. The van der Waals surface area contributed by atoms with Crippen LogP contribution >= 0.6 is 0 Å². The first-order valence-electron chi connectivity index (χ1n) is 6.28. The molecule has 1 unspecified atom stereocenters. The highest BCUT2D eigenvalue weighted by Gasteiger charge is 2.28. The molecule has 1 atom stereocenters. The second-order valence-corrected chi connectivity index (χ2v) is 4.34. The van der Waals surface area contributed by atoms with E-state index in [1.807, 2.05) is 6.92 Å². The van der Waals surface area contributed by atoms with E-state index in [2.05, 4.69) is 10.4 Å². The largest absolute Gasteiger partial charge is 0.470 e. The van der Waals surface area contributed by atoms with Gasteiger partial charge in [0.2, 0.25) is 0 Å². The first-order chi connectivity index (χ1) is 9.13. The van der Waals surface area contributed by atoms with Crippen molar-refractivity contribution in [1.82, 2.24) is 15.1 Å². The molecule has 1 fully saturated rings. The summed E-state index contributed by atoms with van der Waals surface area (Å²) in [7, 11) is 1.64. The number of rotatable bonds is 5. The number of morpholine rings is 1. The molecule has 0 amide bonds. The standard InChI is InChI=1S/C11H18N4O4/c1-3-9-10(15(16)17)11(14(2)13-9)19-7-8-6-12-4-5-18-8/h8,12H,3-7H2,1-2H3. The lowest BCUT2D eigenvalue weighted by Gasteiger charge is -2.23. The van der Waals surface area contributed by atoms with Crippen LogP contribution in [0, 0.1) is 10.1 Å². The minimum absolute atomic E-state index is 0.0474. The molecule has 1 aromatic heterocycles. The Hall–Kier alpha value is -1.67. The van der Waals surface area contributed by atoms with E-state index < -0.39 is 4.92 Å². The van der Waals surface area contributed by atoms with Gasteiger partial charge in [-0.05, 0) is 6.42 Å². The molecule has 106 valence electrons. The van der Waals surface area contributed by atoms with Gasteiger partial charge in [-0.3, -0.25) is 10.1 Å². The van der Waals surface area contributed by atoms with E-state index >= 15 is 0 Å². The fourth-order valence-electron chi connectivity index (χ4n) is 2.03. The molecule has 0 saturated carbocycles. The molecule has 1 saturated heterocycles. The molecule has 0 spiro atoms. The Morgan fingerprint density at radius 2 is 2.47 bits per heavy atom. The first kappa shape index (κ1) is 13.8. The van der Waals surface area contributed by atoms with Crippen molar-refractivity contribution in [3.8, 4) is 5.88 Å². The Labute approximate surface area is 110 Å². The second kappa shape index (κ2) is 5.98. The first-order valence-corrected chi connectivity index (χ1v) is 6.28. The van der Waals surface area contributed by atoms with Gasteiger partial charge in [0.1, 0.15) is 18.4 Å². The molecule has 8 heteroatoms. The van der Waals surface area contributed by atoms with Crippen LogP contribution in [-0.4, -0.2) is 47.1 Å². The summed E-state index contributed by atoms with van der Waals surface area (Å²) in [6.45, 7) is 4.24. The van der Waals surface area contributed by atoms with Crippen molar-refractivity contribution in [2.24, 2.45) is 7.05 Å². The Morgan fingerprint density at radius 1 is 1.68 bits per heavy atom. The number of hydrogen-bond donors (Lipinski definition) is 1. The number of nitrogens with zero attached hydrogens (tertiary/aromatic N) is 3. The maximum Gasteiger partial charge on any atom is 0.353 e. The van der Waals surface area contributed by atoms with Crippen molar-refractivity contribution in [3.05, 3.63) is 15.8 Å². The minimum atomic E-state index is -0.443. The van der Waals surface area contributed by atoms with Crippen LogP contribution in [0.25, 0.3) is 0 Å². The number of hydrogen-bond acceptors (Lipinski definition) is 6. The van der Waals surface area contributed by atoms with Gasteiger partial charge in [0.25, 0.3) is 5.88 Å². The van der Waals surface area contributed by atoms with Crippen LogP contribution in [0.5, 0.6) is 5.88 Å². The third kappa shape index (κ3) is 3.02. The summed E-state index contributed by atoms with van der Waals surface area (Å²) < 4.78 is 12.4. The van der Waals surface area contributed by atoms with E-state index in [9.17, 15) is 10.1 Å². The lowest BCUT2D eigenvalue weighted by atomic mass is 10.3. The second-order valence-electron chi connectivity index (χ2n) is 4.34. The Morgan fingerprint density at radius 3 is 3.05 bits per heavy atom. The van der Waals surface area contributed by atoms with E-state index in [1.54, 1.807) is 7.05 Å². The number of nitro groups is 1. The third-order valence-corrected chi connectivity index (χ3v) is 2.97. The highest BCUT2D eigenvalue weighted by molar-refractivity contribution is 5.46. The third-order valence-electron chi connectivity index (χ3n) is 2.97. The molecule has 0 radical (unpaired) electrons. The van der Waals surface area contributed by atoms with E-state index in [1.165, 1.54) is 4.68 Å². The molecular formula is C11H18N4O4. The molecule has 2 heterocycles. The van der Waals surface area contributed by atoms with Gasteiger partial charge in [0.05, 0.1) is 11.5 Å². The van der Waals surface area contributed by atoms with Gasteiger partial charge in [-0.15, -0.1) is 0 Å². The zero-order valence-electron chi connectivity index (χ0n) is 11.1. The highest BCUT2D eigenvalue weighted by Crippen LogP contribution is 2.30. The fourth-order valence-corrected chi connectivity index (χ4v) is 2.03. The van der Waals surface area contributed by atoms with Gasteiger partial charge in [-0.25, -0.2) is 4.68 Å². The van der Waals surface area contributed by atoms with Crippen molar-refractivity contribution >= 4 is 5.69 Å². The van der Waals surface area contributed by atoms with Crippen LogP contribution in [0.3, 0.4) is 0 Å². The lowest BCUT2D eigenvalue weighted by Crippen LogP contribution is -2.41. The van der Waals surface area contributed by atoms with Gasteiger partial charge in [-0.2, -0.15) is 5.10 Å². The summed E-state index contributed by atoms with van der Waals surface area (Å²) >= 11 is 0. The van der Waals surface area contributed by atoms with Crippen LogP contribution in [0.1, 0.15) is 12.6 Å². The zero-order chi connectivity index (χ0) is 13.8. The molecule has 2 rings (SSSR count). The summed E-state index contributed by atoms with van der Waals surface area (Å²) in [4.78, 5) is 10.7. The van der Waals surface area contributed by atoms with E-state index in [-0.39, 0.29) is 24.3 Å². The molecular weight excluding hydrogens is 252 g/mol. The van der Waals surface area contributed by atoms with Gasteiger partial charge < -0.3 is 14.8 Å². The Kier molecular flexibility index (Phi) is 4.33. The SMILES string of the molecule is CCc1nn(C)c(OCC2CNCCO2)c1[N+](=O)[O-]. The minimum Gasteiger partial charge on any atom is -0.470 e. The molecule has 1 aliphatic heterocycles. The molecule has 19 heavy (non-hydrogen) atoms. The molecule has 0 aliphatic carbocycles. The van der Waals surface area contributed by atoms with Crippen LogP contribution in [0.4, 0.5) is 5.69 Å². The van der Waals surface area contributed by atoms with Gasteiger partial charge in [-0.1, -0.05) is 6.92 Å². The van der Waals surface area contributed by atoms with Gasteiger partial charge >= 0.3 is 5.69 Å². The summed E-state index contributed by atoms with van der Waals surface area (Å²) in [5.74, 6) is 0.191.